The molecule has 1 atom stereocenters. The van der Waals surface area contributed by atoms with Crippen molar-refractivity contribution in [2.75, 3.05) is 5.32 Å². The number of rotatable bonds is 7. The Hall–Kier alpha value is -2.54. The molecule has 0 bridgehead atoms. The molecule has 0 saturated heterocycles. The lowest BCUT2D eigenvalue weighted by Crippen LogP contribution is -2.38. The molecule has 2 aromatic rings. The topological polar surface area (TPSA) is 67.2 Å². The van der Waals surface area contributed by atoms with Crippen LogP contribution in [0.2, 0.25) is 0 Å². The normalized spacial score (nSPS) is 12.6. The third kappa shape index (κ3) is 5.79. The molecule has 134 valence electrons. The Morgan fingerprint density at radius 3 is 2.36 bits per heavy atom. The number of alkyl halides is 3. The number of hydrogen-bond acceptors (Lipinski definition) is 3. The van der Waals surface area contributed by atoms with E-state index >= 15 is 0 Å². The summed E-state index contributed by atoms with van der Waals surface area (Å²) in [6.45, 7) is 2.48. The van der Waals surface area contributed by atoms with E-state index in [2.05, 4.69) is 10.6 Å². The molecule has 0 heterocycles. The number of primary amides is 1. The first-order chi connectivity index (χ1) is 11.8. The third-order valence-corrected chi connectivity index (χ3v) is 3.74. The number of anilines is 1. The molecule has 4 N–H and O–H groups in total. The fourth-order valence-corrected chi connectivity index (χ4v) is 2.17. The number of halogens is 3. The maximum absolute atomic E-state index is 12.7. The highest BCUT2D eigenvalue weighted by molar-refractivity contribution is 5.79. The first-order valence-corrected chi connectivity index (χ1v) is 7.77. The van der Waals surface area contributed by atoms with Crippen molar-refractivity contribution in [1.82, 2.24) is 5.32 Å². The van der Waals surface area contributed by atoms with Gasteiger partial charge in [0.2, 0.25) is 5.91 Å². The van der Waals surface area contributed by atoms with Crippen molar-refractivity contribution >= 4 is 11.6 Å². The summed E-state index contributed by atoms with van der Waals surface area (Å²) in [4.78, 5) is 11.0. The lowest BCUT2D eigenvalue weighted by atomic mass is 10.1. The second-order valence-electron chi connectivity index (χ2n) is 5.75. The Balaban J connectivity index is 1.90. The predicted molar refractivity (Wildman–Crippen MR) is 90.7 cm³/mol. The standard InChI is InChI=1S/C18H20F3N3O/c1-12(17(22)25)23-10-13-5-7-16(8-6-13)24-11-14-3-2-4-15(9-14)18(19,20)21/h2-9,12,23-24H,10-11H2,1H3,(H2,22,25). The van der Waals surface area contributed by atoms with Crippen LogP contribution >= 0.6 is 0 Å². The lowest BCUT2D eigenvalue weighted by Gasteiger charge is -2.12. The Morgan fingerprint density at radius 2 is 1.76 bits per heavy atom. The fourth-order valence-electron chi connectivity index (χ4n) is 2.17. The summed E-state index contributed by atoms with van der Waals surface area (Å²) in [5.41, 5.74) is 6.84. The van der Waals surface area contributed by atoms with Crippen LogP contribution < -0.4 is 16.4 Å². The highest BCUT2D eigenvalue weighted by atomic mass is 19.4. The largest absolute Gasteiger partial charge is 0.416 e. The molecule has 0 radical (unpaired) electrons. The van der Waals surface area contributed by atoms with Crippen LogP contribution in [0.5, 0.6) is 0 Å². The Morgan fingerprint density at radius 1 is 1.08 bits per heavy atom. The molecule has 1 amide bonds. The van der Waals surface area contributed by atoms with Crippen LogP contribution in [-0.2, 0) is 24.1 Å². The Kier molecular flexibility index (Phi) is 6.03. The van der Waals surface area contributed by atoms with Crippen LogP contribution in [0.1, 0.15) is 23.6 Å². The van der Waals surface area contributed by atoms with E-state index in [1.165, 1.54) is 6.07 Å². The van der Waals surface area contributed by atoms with E-state index in [1.54, 1.807) is 13.0 Å². The molecule has 7 heteroatoms. The lowest BCUT2D eigenvalue weighted by molar-refractivity contribution is -0.137. The van der Waals surface area contributed by atoms with Crippen molar-refractivity contribution in [2.24, 2.45) is 5.73 Å². The van der Waals surface area contributed by atoms with Gasteiger partial charge >= 0.3 is 6.18 Å². The van der Waals surface area contributed by atoms with Crippen molar-refractivity contribution in [3.8, 4) is 0 Å². The number of benzene rings is 2. The molecule has 2 rings (SSSR count). The first-order valence-electron chi connectivity index (χ1n) is 7.77. The fraction of sp³-hybridized carbons (Fsp3) is 0.278. The zero-order valence-corrected chi connectivity index (χ0v) is 13.7. The molecule has 0 aromatic heterocycles. The van der Waals surface area contributed by atoms with Gasteiger partial charge in [0.25, 0.3) is 0 Å². The molecule has 2 aromatic carbocycles. The molecular weight excluding hydrogens is 331 g/mol. The van der Waals surface area contributed by atoms with Crippen molar-refractivity contribution < 1.29 is 18.0 Å². The van der Waals surface area contributed by atoms with Crippen LogP contribution in [0.15, 0.2) is 48.5 Å². The summed E-state index contributed by atoms with van der Waals surface area (Å²) in [5.74, 6) is -0.417. The van der Waals surface area contributed by atoms with E-state index in [0.717, 1.165) is 23.4 Å². The van der Waals surface area contributed by atoms with E-state index in [1.807, 2.05) is 24.3 Å². The van der Waals surface area contributed by atoms with Gasteiger partial charge in [-0.15, -0.1) is 0 Å². The molecule has 25 heavy (non-hydrogen) atoms. The molecule has 0 aliphatic heterocycles. The molecule has 1 unspecified atom stereocenters. The van der Waals surface area contributed by atoms with Gasteiger partial charge in [0.05, 0.1) is 11.6 Å². The van der Waals surface area contributed by atoms with Crippen LogP contribution in [0, 0.1) is 0 Å². The quantitative estimate of drug-likeness (QED) is 0.717. The first kappa shape index (κ1) is 18.8. The maximum atomic E-state index is 12.7. The highest BCUT2D eigenvalue weighted by Gasteiger charge is 2.30. The van der Waals surface area contributed by atoms with Gasteiger partial charge in [0, 0.05) is 18.8 Å². The average Bonchev–Trinajstić information content (AvgIpc) is 2.58. The van der Waals surface area contributed by atoms with Gasteiger partial charge in [0.1, 0.15) is 0 Å². The van der Waals surface area contributed by atoms with Gasteiger partial charge in [0.15, 0.2) is 0 Å². The molecule has 0 aliphatic rings. The highest BCUT2D eigenvalue weighted by Crippen LogP contribution is 2.29. The number of hydrogen-bond donors (Lipinski definition) is 3. The van der Waals surface area contributed by atoms with Gasteiger partial charge in [-0.1, -0.05) is 24.3 Å². The molecule has 0 spiro atoms. The van der Waals surface area contributed by atoms with Crippen LogP contribution in [0.3, 0.4) is 0 Å². The molecule has 0 fully saturated rings. The van der Waals surface area contributed by atoms with Crippen LogP contribution in [-0.4, -0.2) is 11.9 Å². The van der Waals surface area contributed by atoms with Gasteiger partial charge in [-0.25, -0.2) is 0 Å². The second kappa shape index (κ2) is 8.02. The van der Waals surface area contributed by atoms with Crippen molar-refractivity contribution in [3.63, 3.8) is 0 Å². The molecule has 4 nitrogen and oxygen atoms in total. The maximum Gasteiger partial charge on any atom is 0.416 e. The number of carbonyl (C=O) groups excluding carboxylic acids is 1. The van der Waals surface area contributed by atoms with Gasteiger partial charge in [-0.2, -0.15) is 13.2 Å². The monoisotopic (exact) mass is 351 g/mol. The minimum Gasteiger partial charge on any atom is -0.381 e. The zero-order valence-electron chi connectivity index (χ0n) is 13.7. The summed E-state index contributed by atoms with van der Waals surface area (Å²) < 4.78 is 38.1. The minimum absolute atomic E-state index is 0.292. The van der Waals surface area contributed by atoms with E-state index in [4.69, 9.17) is 5.73 Å². The van der Waals surface area contributed by atoms with E-state index in [0.29, 0.717) is 18.7 Å². The number of carbonyl (C=O) groups is 1. The van der Waals surface area contributed by atoms with Crippen molar-refractivity contribution in [3.05, 3.63) is 65.2 Å². The number of amides is 1. The van der Waals surface area contributed by atoms with E-state index in [-0.39, 0.29) is 0 Å². The molecule has 0 aliphatic carbocycles. The zero-order chi connectivity index (χ0) is 18.4. The Labute approximate surface area is 144 Å². The smallest absolute Gasteiger partial charge is 0.381 e. The SMILES string of the molecule is CC(NCc1ccc(NCc2cccc(C(F)(F)F)c2)cc1)C(N)=O. The minimum atomic E-state index is -4.34. The Bertz CT molecular complexity index is 714. The average molecular weight is 351 g/mol. The number of nitrogens with two attached hydrogens (primary N) is 1. The third-order valence-electron chi connectivity index (χ3n) is 3.74. The summed E-state index contributed by atoms with van der Waals surface area (Å²) >= 11 is 0. The van der Waals surface area contributed by atoms with Crippen LogP contribution in [0.4, 0.5) is 18.9 Å². The molecular formula is C18H20F3N3O. The number of nitrogens with one attached hydrogen (secondary N) is 2. The summed E-state index contributed by atoms with van der Waals surface area (Å²) in [7, 11) is 0. The van der Waals surface area contributed by atoms with Crippen molar-refractivity contribution in [2.45, 2.75) is 32.2 Å². The van der Waals surface area contributed by atoms with E-state index < -0.39 is 23.7 Å². The summed E-state index contributed by atoms with van der Waals surface area (Å²) in [6, 6.07) is 12.2. The van der Waals surface area contributed by atoms with Gasteiger partial charge in [-0.3, -0.25) is 4.79 Å². The van der Waals surface area contributed by atoms with Crippen LogP contribution in [0.25, 0.3) is 0 Å². The summed E-state index contributed by atoms with van der Waals surface area (Å²) in [6.07, 6.45) is -4.34. The van der Waals surface area contributed by atoms with Gasteiger partial charge < -0.3 is 16.4 Å². The van der Waals surface area contributed by atoms with Gasteiger partial charge in [-0.05, 0) is 42.3 Å². The van der Waals surface area contributed by atoms with E-state index in [9.17, 15) is 18.0 Å². The molecule has 0 saturated carbocycles. The predicted octanol–water partition coefficient (Wildman–Crippen LogP) is 3.28. The summed E-state index contributed by atoms with van der Waals surface area (Å²) in [5, 5.41) is 6.08. The second-order valence-corrected chi connectivity index (χ2v) is 5.75. The van der Waals surface area contributed by atoms with Crippen molar-refractivity contribution in [1.29, 1.82) is 0 Å².